The minimum Gasteiger partial charge on any atom is -0.373 e. The van der Waals surface area contributed by atoms with Crippen LogP contribution in [0.3, 0.4) is 0 Å². The van der Waals surface area contributed by atoms with Crippen molar-refractivity contribution in [1.82, 2.24) is 29.8 Å². The van der Waals surface area contributed by atoms with Gasteiger partial charge in [0.05, 0.1) is 36.3 Å². The Labute approximate surface area is 202 Å². The largest absolute Gasteiger partial charge is 0.373 e. The molecule has 5 rings (SSSR count). The van der Waals surface area contributed by atoms with Crippen LogP contribution in [0.25, 0.3) is 33.4 Å². The van der Waals surface area contributed by atoms with Gasteiger partial charge in [0.25, 0.3) is 5.56 Å². The summed E-state index contributed by atoms with van der Waals surface area (Å²) in [6, 6.07) is 7.16. The highest BCUT2D eigenvalue weighted by Gasteiger charge is 2.22. The van der Waals surface area contributed by atoms with Gasteiger partial charge in [-0.3, -0.25) is 14.3 Å². The number of rotatable bonds is 6. The van der Waals surface area contributed by atoms with E-state index in [4.69, 9.17) is 16.3 Å². The highest BCUT2D eigenvalue weighted by Crippen LogP contribution is 2.32. The predicted molar refractivity (Wildman–Crippen MR) is 132 cm³/mol. The summed E-state index contributed by atoms with van der Waals surface area (Å²) in [6.45, 7) is 7.74. The molecule has 1 fully saturated rings. The molecule has 34 heavy (non-hydrogen) atoms. The molecule has 1 N–H and O–H groups in total. The molecular weight excluding hydrogens is 452 g/mol. The number of hydrogen-bond donors (Lipinski definition) is 1. The third-order valence-electron chi connectivity index (χ3n) is 5.96. The van der Waals surface area contributed by atoms with E-state index in [1.54, 1.807) is 23.2 Å². The van der Waals surface area contributed by atoms with E-state index in [1.807, 2.05) is 45.0 Å². The van der Waals surface area contributed by atoms with Crippen molar-refractivity contribution in [2.24, 2.45) is 0 Å². The maximum atomic E-state index is 13.8. The number of hydrogen-bond acceptors (Lipinski definition) is 7. The van der Waals surface area contributed by atoms with Crippen LogP contribution in [0.5, 0.6) is 0 Å². The molecule has 8 nitrogen and oxygen atoms in total. The molecule has 9 heteroatoms. The van der Waals surface area contributed by atoms with Gasteiger partial charge < -0.3 is 10.1 Å². The normalized spacial score (nSPS) is 14.8. The van der Waals surface area contributed by atoms with Gasteiger partial charge in [0.1, 0.15) is 11.5 Å². The lowest BCUT2D eigenvalue weighted by atomic mass is 10.0. The molecule has 0 amide bonds. The Hall–Kier alpha value is -3.20. The lowest BCUT2D eigenvalue weighted by Gasteiger charge is -2.29. The first-order valence-electron chi connectivity index (χ1n) is 11.2. The van der Waals surface area contributed by atoms with Crippen molar-refractivity contribution in [3.8, 4) is 22.4 Å². The number of halogens is 1. The van der Waals surface area contributed by atoms with Crippen LogP contribution in [0.15, 0.2) is 47.7 Å². The lowest BCUT2D eigenvalue weighted by molar-refractivity contribution is 0.00444. The maximum Gasteiger partial charge on any atom is 0.260 e. The van der Waals surface area contributed by atoms with Crippen molar-refractivity contribution in [3.05, 3.63) is 69.8 Å². The Morgan fingerprint density at radius 1 is 1.15 bits per heavy atom. The van der Waals surface area contributed by atoms with Crippen LogP contribution in [0, 0.1) is 13.8 Å². The Morgan fingerprint density at radius 3 is 2.68 bits per heavy atom. The fraction of sp³-hybridized carbons (Fsp3) is 0.320. The van der Waals surface area contributed by atoms with Gasteiger partial charge in [-0.2, -0.15) is 0 Å². The number of aryl methyl sites for hydroxylation is 2. The van der Waals surface area contributed by atoms with E-state index in [0.717, 1.165) is 35.4 Å². The smallest absolute Gasteiger partial charge is 0.260 e. The number of ether oxygens (including phenoxy) is 1. The molecule has 0 aliphatic carbocycles. The summed E-state index contributed by atoms with van der Waals surface area (Å²) in [7, 11) is 0. The molecule has 0 bridgehead atoms. The molecule has 4 aromatic rings. The van der Waals surface area contributed by atoms with Crippen molar-refractivity contribution in [2.75, 3.05) is 19.7 Å². The summed E-state index contributed by atoms with van der Waals surface area (Å²) >= 11 is 6.70. The molecule has 1 unspecified atom stereocenters. The molecule has 1 aliphatic heterocycles. The maximum absolute atomic E-state index is 13.8. The van der Waals surface area contributed by atoms with Crippen LogP contribution >= 0.6 is 11.6 Å². The number of benzene rings is 1. The van der Waals surface area contributed by atoms with Crippen LogP contribution in [0.1, 0.15) is 24.5 Å². The summed E-state index contributed by atoms with van der Waals surface area (Å²) < 4.78 is 7.66. The van der Waals surface area contributed by atoms with Gasteiger partial charge in [0.15, 0.2) is 0 Å². The van der Waals surface area contributed by atoms with Gasteiger partial charge in [-0.05, 0) is 32.9 Å². The monoisotopic (exact) mass is 476 g/mol. The summed E-state index contributed by atoms with van der Waals surface area (Å²) in [6.07, 6.45) is 5.31. The third-order valence-corrected chi connectivity index (χ3v) is 6.27. The second kappa shape index (κ2) is 9.21. The summed E-state index contributed by atoms with van der Waals surface area (Å²) in [4.78, 5) is 31.4. The van der Waals surface area contributed by atoms with E-state index in [0.29, 0.717) is 34.2 Å². The van der Waals surface area contributed by atoms with Gasteiger partial charge in [-0.1, -0.05) is 23.7 Å². The van der Waals surface area contributed by atoms with Crippen molar-refractivity contribution in [1.29, 1.82) is 0 Å². The standard InChI is InChI=1S/C25H25ClN6O2/c1-14-8-27-12-23(30-14)17-4-5-20(22(26)7-17)21-6-18-9-29-16(3)31-24(18)32(25(21)33)15(2)13-34-19-10-28-11-19/h4-9,12,15,19,28H,10-11,13H2,1-3H3. The van der Waals surface area contributed by atoms with Gasteiger partial charge in [0, 0.05) is 52.6 Å². The Balaban J connectivity index is 1.60. The minimum atomic E-state index is -0.217. The van der Waals surface area contributed by atoms with Gasteiger partial charge in [0.2, 0.25) is 0 Å². The topological polar surface area (TPSA) is 94.8 Å². The predicted octanol–water partition coefficient (Wildman–Crippen LogP) is 3.74. The van der Waals surface area contributed by atoms with Gasteiger partial charge in [-0.25, -0.2) is 15.0 Å². The average molecular weight is 477 g/mol. The highest BCUT2D eigenvalue weighted by atomic mass is 35.5. The second-order valence-electron chi connectivity index (χ2n) is 8.63. The molecule has 4 heterocycles. The molecule has 3 aromatic heterocycles. The van der Waals surface area contributed by atoms with Gasteiger partial charge in [-0.15, -0.1) is 0 Å². The van der Waals surface area contributed by atoms with Crippen LogP contribution in [0.4, 0.5) is 0 Å². The molecule has 0 spiro atoms. The molecule has 0 radical (unpaired) electrons. The number of nitrogens with one attached hydrogen (secondary N) is 1. The van der Waals surface area contributed by atoms with Crippen LogP contribution in [-0.2, 0) is 4.74 Å². The van der Waals surface area contributed by atoms with E-state index in [-0.39, 0.29) is 17.7 Å². The van der Waals surface area contributed by atoms with E-state index >= 15 is 0 Å². The van der Waals surface area contributed by atoms with E-state index in [2.05, 4.69) is 25.3 Å². The Morgan fingerprint density at radius 2 is 1.97 bits per heavy atom. The Kier molecular flexibility index (Phi) is 6.12. The van der Waals surface area contributed by atoms with Crippen molar-refractivity contribution >= 4 is 22.6 Å². The first-order valence-corrected chi connectivity index (χ1v) is 11.6. The third kappa shape index (κ3) is 4.32. The quantitative estimate of drug-likeness (QED) is 0.453. The fourth-order valence-electron chi connectivity index (χ4n) is 4.03. The SMILES string of the molecule is Cc1cncc(-c2ccc(-c3cc4cnc(C)nc4n(C(C)COC4CNC4)c3=O)c(Cl)c2)n1. The molecule has 174 valence electrons. The van der Waals surface area contributed by atoms with Crippen molar-refractivity contribution in [2.45, 2.75) is 32.9 Å². The zero-order valence-corrected chi connectivity index (χ0v) is 20.0. The number of aromatic nitrogens is 5. The summed E-state index contributed by atoms with van der Waals surface area (Å²) in [5.74, 6) is 0.603. The van der Waals surface area contributed by atoms with Crippen molar-refractivity contribution < 1.29 is 4.74 Å². The van der Waals surface area contributed by atoms with Crippen LogP contribution in [-0.4, -0.2) is 50.3 Å². The average Bonchev–Trinajstić information content (AvgIpc) is 2.78. The molecule has 1 aliphatic rings. The number of fused-ring (bicyclic) bond motifs is 1. The minimum absolute atomic E-state index is 0.168. The van der Waals surface area contributed by atoms with Crippen LogP contribution < -0.4 is 10.9 Å². The van der Waals surface area contributed by atoms with E-state index in [9.17, 15) is 4.79 Å². The molecular formula is C25H25ClN6O2. The van der Waals surface area contributed by atoms with Gasteiger partial charge >= 0.3 is 0 Å². The first-order chi connectivity index (χ1) is 16.4. The number of pyridine rings is 1. The zero-order chi connectivity index (χ0) is 23.8. The number of nitrogens with zero attached hydrogens (tertiary/aromatic N) is 5. The zero-order valence-electron chi connectivity index (χ0n) is 19.2. The molecule has 1 aromatic carbocycles. The van der Waals surface area contributed by atoms with E-state index in [1.165, 1.54) is 0 Å². The molecule has 1 atom stereocenters. The van der Waals surface area contributed by atoms with E-state index < -0.39 is 0 Å². The molecule has 1 saturated heterocycles. The van der Waals surface area contributed by atoms with Crippen LogP contribution in [0.2, 0.25) is 5.02 Å². The summed E-state index contributed by atoms with van der Waals surface area (Å²) in [5, 5.41) is 4.42. The highest BCUT2D eigenvalue weighted by molar-refractivity contribution is 6.33. The molecule has 0 saturated carbocycles. The first kappa shape index (κ1) is 22.6. The summed E-state index contributed by atoms with van der Waals surface area (Å²) in [5.41, 5.74) is 3.93. The fourth-order valence-corrected chi connectivity index (χ4v) is 4.31. The lowest BCUT2D eigenvalue weighted by Crippen LogP contribution is -2.49. The second-order valence-corrected chi connectivity index (χ2v) is 9.04. The van der Waals surface area contributed by atoms with Crippen molar-refractivity contribution in [3.63, 3.8) is 0 Å². The Bertz CT molecular complexity index is 1430.